The molecular weight excluding hydrogens is 595 g/mol. The summed E-state index contributed by atoms with van der Waals surface area (Å²) in [5, 5.41) is 14.9. The smallest absolute Gasteiger partial charge is 0.269 e. The molecule has 2 aromatic heterocycles. The number of nitrogens with one attached hydrogen (secondary N) is 1. The van der Waals surface area contributed by atoms with Crippen LogP contribution >= 0.6 is 27.5 Å². The number of benzene rings is 2. The Bertz CT molecular complexity index is 1720. The SMILES string of the molecule is COCc1c(Br)c(C)n(CC(=O)N/N=C/c2c(Oc3nc(Cl)ncc3F)ccc3ccccc23)c(=O)c1C#N. The first-order valence-corrected chi connectivity index (χ1v) is 12.4. The first-order chi connectivity index (χ1) is 18.7. The second kappa shape index (κ2) is 12.1. The number of carbonyl (C=O) groups excluding carboxylic acids is 1. The molecule has 0 spiro atoms. The largest absolute Gasteiger partial charge is 0.436 e. The van der Waals surface area contributed by atoms with E-state index in [1.165, 1.54) is 17.9 Å². The molecule has 2 aromatic carbocycles. The lowest BCUT2D eigenvalue weighted by atomic mass is 10.0. The van der Waals surface area contributed by atoms with Crippen LogP contribution in [0.2, 0.25) is 5.28 Å². The maximum Gasteiger partial charge on any atom is 0.269 e. The molecule has 1 amide bonds. The molecule has 0 unspecified atom stereocenters. The summed E-state index contributed by atoms with van der Waals surface area (Å²) in [7, 11) is 1.45. The van der Waals surface area contributed by atoms with Gasteiger partial charge in [-0.05, 0) is 51.3 Å². The molecule has 0 aliphatic carbocycles. The third-order valence-electron chi connectivity index (χ3n) is 5.65. The van der Waals surface area contributed by atoms with Crippen LogP contribution in [0.5, 0.6) is 11.6 Å². The topological polar surface area (TPSA) is 131 Å². The molecule has 0 fully saturated rings. The van der Waals surface area contributed by atoms with Gasteiger partial charge in [-0.15, -0.1) is 0 Å². The Labute approximate surface area is 234 Å². The van der Waals surface area contributed by atoms with E-state index >= 15 is 0 Å². The zero-order valence-corrected chi connectivity index (χ0v) is 22.9. The van der Waals surface area contributed by atoms with Gasteiger partial charge in [0.15, 0.2) is 0 Å². The standard InChI is InChI=1S/C26H19BrClFN6O4/c1-14-23(27)19(13-38-2)17(9-30)25(37)35(14)12-22(36)34-32-10-18-16-6-4-3-5-15(16)7-8-21(18)39-24-20(29)11-31-26(28)33-24/h3-8,10-11H,12-13H2,1-2H3,(H,34,36)/b32-10+. The maximum absolute atomic E-state index is 14.2. The maximum atomic E-state index is 14.2. The minimum Gasteiger partial charge on any atom is -0.436 e. The summed E-state index contributed by atoms with van der Waals surface area (Å²) < 4.78 is 26.7. The van der Waals surface area contributed by atoms with E-state index in [9.17, 15) is 19.2 Å². The lowest BCUT2D eigenvalue weighted by Gasteiger charge is -2.15. The van der Waals surface area contributed by atoms with Gasteiger partial charge in [-0.3, -0.25) is 9.59 Å². The summed E-state index contributed by atoms with van der Waals surface area (Å²) in [6, 6.07) is 12.6. The molecule has 4 rings (SSSR count). The molecule has 0 atom stereocenters. The van der Waals surface area contributed by atoms with Crippen molar-refractivity contribution in [2.24, 2.45) is 5.10 Å². The van der Waals surface area contributed by atoms with E-state index in [2.05, 4.69) is 36.4 Å². The predicted octanol–water partition coefficient (Wildman–Crippen LogP) is 4.62. The number of nitrogens with zero attached hydrogens (tertiary/aromatic N) is 5. The number of hydrogen-bond acceptors (Lipinski definition) is 8. The summed E-state index contributed by atoms with van der Waals surface area (Å²) in [5.41, 5.74) is 2.90. The highest BCUT2D eigenvalue weighted by molar-refractivity contribution is 9.10. The van der Waals surface area contributed by atoms with Gasteiger partial charge in [0.25, 0.3) is 17.3 Å². The zero-order valence-electron chi connectivity index (χ0n) is 20.5. The number of carbonyl (C=O) groups is 1. The van der Waals surface area contributed by atoms with E-state index < -0.39 is 23.8 Å². The molecule has 198 valence electrons. The fourth-order valence-electron chi connectivity index (χ4n) is 3.80. The van der Waals surface area contributed by atoms with Crippen molar-refractivity contribution in [3.8, 4) is 17.7 Å². The first kappa shape index (κ1) is 27.8. The summed E-state index contributed by atoms with van der Waals surface area (Å²) >= 11 is 9.17. The second-order valence-electron chi connectivity index (χ2n) is 8.07. The van der Waals surface area contributed by atoms with E-state index in [0.29, 0.717) is 26.7 Å². The van der Waals surface area contributed by atoms with Crippen molar-refractivity contribution in [2.75, 3.05) is 7.11 Å². The number of pyridine rings is 1. The molecule has 0 saturated heterocycles. The molecule has 0 aliphatic heterocycles. The Hall–Kier alpha value is -4.18. The van der Waals surface area contributed by atoms with Crippen LogP contribution in [0, 0.1) is 24.1 Å². The van der Waals surface area contributed by atoms with Crippen LogP contribution in [0.15, 0.2) is 57.0 Å². The fourth-order valence-corrected chi connectivity index (χ4v) is 4.45. The molecule has 0 saturated carbocycles. The minimum absolute atomic E-state index is 0.0530. The van der Waals surface area contributed by atoms with Crippen LogP contribution in [0.25, 0.3) is 10.8 Å². The Morgan fingerprint density at radius 1 is 1.33 bits per heavy atom. The first-order valence-electron chi connectivity index (χ1n) is 11.3. The number of hydrogen-bond donors (Lipinski definition) is 1. The van der Waals surface area contributed by atoms with Gasteiger partial charge in [-0.1, -0.05) is 30.3 Å². The molecule has 0 radical (unpaired) electrons. The van der Waals surface area contributed by atoms with Crippen molar-refractivity contribution in [1.82, 2.24) is 20.0 Å². The molecule has 0 aliphatic rings. The second-order valence-corrected chi connectivity index (χ2v) is 9.21. The number of amides is 1. The van der Waals surface area contributed by atoms with E-state index in [0.717, 1.165) is 11.6 Å². The van der Waals surface area contributed by atoms with Gasteiger partial charge in [0.1, 0.15) is 23.9 Å². The highest BCUT2D eigenvalue weighted by Crippen LogP contribution is 2.31. The van der Waals surface area contributed by atoms with E-state index in [1.807, 2.05) is 18.2 Å². The Kier molecular flexibility index (Phi) is 8.65. The number of rotatable bonds is 8. The summed E-state index contributed by atoms with van der Waals surface area (Å²) in [5.74, 6) is -1.62. The Balaban J connectivity index is 1.63. The third-order valence-corrected chi connectivity index (χ3v) is 6.89. The van der Waals surface area contributed by atoms with E-state index in [-0.39, 0.29) is 29.1 Å². The monoisotopic (exact) mass is 612 g/mol. The molecule has 0 bridgehead atoms. The summed E-state index contributed by atoms with van der Waals surface area (Å²) in [6.45, 7) is 1.30. The summed E-state index contributed by atoms with van der Waals surface area (Å²) in [4.78, 5) is 33.0. The number of hydrazone groups is 1. The van der Waals surface area contributed by atoms with E-state index in [4.69, 9.17) is 21.1 Å². The van der Waals surface area contributed by atoms with Crippen molar-refractivity contribution in [2.45, 2.75) is 20.1 Å². The quantitative estimate of drug-likeness (QED) is 0.174. The minimum atomic E-state index is -0.816. The number of ether oxygens (including phenoxy) is 2. The van der Waals surface area contributed by atoms with Crippen molar-refractivity contribution in [1.29, 1.82) is 5.26 Å². The van der Waals surface area contributed by atoms with Gasteiger partial charge in [0, 0.05) is 28.4 Å². The van der Waals surface area contributed by atoms with Gasteiger partial charge < -0.3 is 14.0 Å². The lowest BCUT2D eigenvalue weighted by molar-refractivity contribution is -0.121. The molecule has 39 heavy (non-hydrogen) atoms. The van der Waals surface area contributed by atoms with Gasteiger partial charge in [0.2, 0.25) is 11.1 Å². The van der Waals surface area contributed by atoms with Crippen LogP contribution in [0.1, 0.15) is 22.4 Å². The third kappa shape index (κ3) is 5.96. The van der Waals surface area contributed by atoms with Crippen LogP contribution in [-0.2, 0) is 22.7 Å². The number of nitriles is 1. The van der Waals surface area contributed by atoms with Crippen LogP contribution in [0.4, 0.5) is 4.39 Å². The van der Waals surface area contributed by atoms with Crippen LogP contribution in [-0.4, -0.2) is 33.8 Å². The zero-order chi connectivity index (χ0) is 28.1. The van der Waals surface area contributed by atoms with Crippen molar-refractivity contribution >= 4 is 50.4 Å². The van der Waals surface area contributed by atoms with E-state index in [1.54, 1.807) is 31.2 Å². The number of halogens is 3. The molecule has 10 nitrogen and oxygen atoms in total. The molecule has 2 heterocycles. The Morgan fingerprint density at radius 3 is 2.85 bits per heavy atom. The van der Waals surface area contributed by atoms with Crippen molar-refractivity contribution in [3.05, 3.63) is 90.9 Å². The predicted molar refractivity (Wildman–Crippen MR) is 145 cm³/mol. The normalized spacial score (nSPS) is 11.1. The highest BCUT2D eigenvalue weighted by atomic mass is 79.9. The van der Waals surface area contributed by atoms with Gasteiger partial charge >= 0.3 is 0 Å². The van der Waals surface area contributed by atoms with Crippen LogP contribution < -0.4 is 15.7 Å². The van der Waals surface area contributed by atoms with Gasteiger partial charge in [0.05, 0.1) is 19.0 Å². The lowest BCUT2D eigenvalue weighted by Crippen LogP contribution is -2.33. The Morgan fingerprint density at radius 2 is 2.10 bits per heavy atom. The van der Waals surface area contributed by atoms with Gasteiger partial charge in [-0.2, -0.15) is 19.7 Å². The average Bonchev–Trinajstić information content (AvgIpc) is 2.93. The number of fused-ring (bicyclic) bond motifs is 1. The number of methoxy groups -OCH3 is 1. The van der Waals surface area contributed by atoms with Crippen molar-refractivity contribution in [3.63, 3.8) is 0 Å². The summed E-state index contributed by atoms with van der Waals surface area (Å²) in [6.07, 6.45) is 2.23. The van der Waals surface area contributed by atoms with Gasteiger partial charge in [-0.25, -0.2) is 10.4 Å². The molecule has 1 N–H and O–H groups in total. The average molecular weight is 614 g/mol. The molecular formula is C26H19BrClFN6O4. The van der Waals surface area contributed by atoms with Crippen molar-refractivity contribution < 1.29 is 18.7 Å². The highest BCUT2D eigenvalue weighted by Gasteiger charge is 2.20. The number of aromatic nitrogens is 3. The molecule has 4 aromatic rings. The fraction of sp³-hybridized carbons (Fsp3) is 0.154. The molecule has 13 heteroatoms. The van der Waals surface area contributed by atoms with Crippen LogP contribution in [0.3, 0.4) is 0 Å².